The predicted octanol–water partition coefficient (Wildman–Crippen LogP) is 8.07. The Hall–Kier alpha value is -4.13. The number of rotatable bonds is 6. The third-order valence-electron chi connectivity index (χ3n) is 7.35. The average Bonchev–Trinajstić information content (AvgIpc) is 3.07. The molecule has 6 aromatic rings. The van der Waals surface area contributed by atoms with Gasteiger partial charge in [0.1, 0.15) is 0 Å². The van der Waals surface area contributed by atoms with E-state index in [2.05, 4.69) is 84.5 Å². The molecular weight excluding hydrogens is 680 g/mol. The predicted molar refractivity (Wildman–Crippen MR) is 161 cm³/mol. The Morgan fingerprint density at radius 3 is 0.927 bits per heavy atom. The van der Waals surface area contributed by atoms with E-state index in [-0.39, 0.29) is 31.9 Å². The van der Waals surface area contributed by atoms with Gasteiger partial charge in [0.15, 0.2) is 0 Å². The molecule has 2 heterocycles. The van der Waals surface area contributed by atoms with Crippen LogP contribution >= 0.6 is 0 Å². The summed E-state index contributed by atoms with van der Waals surface area (Å²) < 4.78 is 0. The maximum Gasteiger partial charge on any atom is 4.00 e. The molecule has 0 saturated carbocycles. The summed E-state index contributed by atoms with van der Waals surface area (Å²) in [6.07, 6.45) is 3.67. The van der Waals surface area contributed by atoms with Crippen LogP contribution in [-0.2, 0) is 31.9 Å². The first-order chi connectivity index (χ1) is 19.6. The van der Waals surface area contributed by atoms with Crippen LogP contribution in [0.15, 0.2) is 146 Å². The van der Waals surface area contributed by atoms with E-state index < -0.39 is 0 Å². The van der Waals surface area contributed by atoms with Crippen molar-refractivity contribution in [2.75, 3.05) is 0 Å². The number of nitrogens with zero attached hydrogens (tertiary/aromatic N) is 2. The first-order valence-electron chi connectivity index (χ1n) is 13.4. The van der Waals surface area contributed by atoms with Crippen molar-refractivity contribution in [2.24, 2.45) is 0 Å². The normalized spacial score (nSPS) is 11.0. The fourth-order valence-electron chi connectivity index (χ4n) is 4.98. The van der Waals surface area contributed by atoms with Gasteiger partial charge in [0.25, 0.3) is 0 Å². The molecule has 0 aliphatic carbocycles. The van der Waals surface area contributed by atoms with E-state index in [0.717, 1.165) is 33.6 Å². The van der Waals surface area contributed by atoms with Crippen LogP contribution in [0.5, 0.6) is 0 Å². The molecule has 0 aliphatic rings. The molecule has 202 valence electrons. The molecule has 0 spiro atoms. The monoisotopic (exact) mass is 709 g/mol. The van der Waals surface area contributed by atoms with Crippen molar-refractivity contribution < 1.29 is 21.1 Å². The molecule has 6 rings (SSSR count). The standard InChI is InChI=1S/2C19H15N.Pt/c2*1-19(16-10-4-2-5-11-16,17-12-6-3-7-13-17)18-14-8-9-15-20-18;/h2*2-10,12,14-15H,1H3;/q2*-2;+4. The molecule has 0 N–H and O–H groups in total. The van der Waals surface area contributed by atoms with E-state index in [4.69, 9.17) is 0 Å². The maximum absolute atomic E-state index is 4.56. The van der Waals surface area contributed by atoms with Crippen molar-refractivity contribution in [3.8, 4) is 0 Å². The molecule has 2 aromatic heterocycles. The van der Waals surface area contributed by atoms with Gasteiger partial charge in [-0.25, -0.2) is 0 Å². The van der Waals surface area contributed by atoms with Crippen LogP contribution in [0.2, 0.25) is 0 Å². The molecule has 0 radical (unpaired) electrons. The minimum absolute atomic E-state index is 0. The van der Waals surface area contributed by atoms with Gasteiger partial charge < -0.3 is 0 Å². The van der Waals surface area contributed by atoms with Gasteiger partial charge in [0.2, 0.25) is 0 Å². The largest absolute Gasteiger partial charge is 4.00 e. The zero-order chi connectivity index (χ0) is 27.7. The quantitative estimate of drug-likeness (QED) is 0.164. The Bertz CT molecular complexity index is 1260. The molecule has 0 aliphatic heterocycles. The van der Waals surface area contributed by atoms with Gasteiger partial charge in [0.05, 0.1) is 11.4 Å². The third kappa shape index (κ3) is 6.45. The molecular formula is C38H30N2Pt. The fraction of sp³-hybridized carbons (Fsp3) is 0.105. The average molecular weight is 710 g/mol. The summed E-state index contributed by atoms with van der Waals surface area (Å²) in [6, 6.07) is 57.6. The third-order valence-corrected chi connectivity index (χ3v) is 7.35. The topological polar surface area (TPSA) is 25.8 Å². The Labute approximate surface area is 258 Å². The van der Waals surface area contributed by atoms with E-state index >= 15 is 0 Å². The second kappa shape index (κ2) is 14.0. The molecule has 41 heavy (non-hydrogen) atoms. The Kier molecular flexibility index (Phi) is 10.2. The first kappa shape index (κ1) is 29.8. The molecule has 2 nitrogen and oxygen atoms in total. The molecule has 4 aromatic carbocycles. The molecule has 0 saturated heterocycles. The molecule has 0 atom stereocenters. The van der Waals surface area contributed by atoms with E-state index in [9.17, 15) is 0 Å². The number of benzene rings is 4. The fourth-order valence-corrected chi connectivity index (χ4v) is 4.98. The van der Waals surface area contributed by atoms with Gasteiger partial charge in [-0.1, -0.05) is 12.1 Å². The van der Waals surface area contributed by atoms with Crippen LogP contribution in [-0.4, -0.2) is 9.97 Å². The van der Waals surface area contributed by atoms with E-state index in [1.807, 2.05) is 109 Å². The molecule has 0 unspecified atom stereocenters. The minimum atomic E-state index is -0.343. The van der Waals surface area contributed by atoms with Crippen LogP contribution in [0, 0.1) is 24.3 Å². The zero-order valence-electron chi connectivity index (χ0n) is 23.1. The second-order valence-electron chi connectivity index (χ2n) is 9.78. The summed E-state index contributed by atoms with van der Waals surface area (Å²) in [7, 11) is 0. The molecule has 3 heteroatoms. The minimum Gasteiger partial charge on any atom is -0.260 e. The Balaban J connectivity index is 0.000000184. The summed E-state index contributed by atoms with van der Waals surface area (Å²) >= 11 is 0. The van der Waals surface area contributed by atoms with Gasteiger partial charge in [-0.2, -0.15) is 121 Å². The SMILES string of the molecule is CC(c1[c-]cccc1)(c1[c-]cccc1)c1ccccn1.CC(c1[c-]cccc1)(c1[c-]cccc1)c1ccccn1.[Pt+4]. The van der Waals surface area contributed by atoms with Crippen molar-refractivity contribution in [2.45, 2.75) is 24.7 Å². The molecule has 0 amide bonds. The van der Waals surface area contributed by atoms with Gasteiger partial charge in [-0.05, 0) is 38.1 Å². The number of hydrogen-bond acceptors (Lipinski definition) is 2. The Morgan fingerprint density at radius 1 is 0.415 bits per heavy atom. The summed E-state index contributed by atoms with van der Waals surface area (Å²) in [5.74, 6) is 0. The summed E-state index contributed by atoms with van der Waals surface area (Å²) in [6.45, 7) is 4.35. The Morgan fingerprint density at radius 2 is 0.707 bits per heavy atom. The van der Waals surface area contributed by atoms with Crippen molar-refractivity contribution in [1.29, 1.82) is 0 Å². The van der Waals surface area contributed by atoms with Crippen molar-refractivity contribution >= 4 is 0 Å². The van der Waals surface area contributed by atoms with Crippen molar-refractivity contribution in [1.82, 2.24) is 9.97 Å². The van der Waals surface area contributed by atoms with Crippen LogP contribution in [0.4, 0.5) is 0 Å². The number of hydrogen-bond donors (Lipinski definition) is 0. The molecule has 0 fully saturated rings. The van der Waals surface area contributed by atoms with Gasteiger partial charge in [-0.15, -0.1) is 22.3 Å². The van der Waals surface area contributed by atoms with Crippen molar-refractivity contribution in [3.63, 3.8) is 0 Å². The van der Waals surface area contributed by atoms with E-state index in [1.54, 1.807) is 0 Å². The summed E-state index contributed by atoms with van der Waals surface area (Å²) in [4.78, 5) is 9.13. The van der Waals surface area contributed by atoms with Gasteiger partial charge in [0, 0.05) is 23.2 Å². The van der Waals surface area contributed by atoms with Crippen LogP contribution in [0.1, 0.15) is 47.5 Å². The van der Waals surface area contributed by atoms with Crippen LogP contribution < -0.4 is 0 Å². The van der Waals surface area contributed by atoms with Crippen LogP contribution in [0.3, 0.4) is 0 Å². The van der Waals surface area contributed by atoms with Gasteiger partial charge in [-0.3, -0.25) is 9.97 Å². The summed E-state index contributed by atoms with van der Waals surface area (Å²) in [5.41, 5.74) is 5.72. The first-order valence-corrected chi connectivity index (χ1v) is 13.4. The van der Waals surface area contributed by atoms with Crippen LogP contribution in [0.25, 0.3) is 0 Å². The number of pyridine rings is 2. The van der Waals surface area contributed by atoms with E-state index in [0.29, 0.717) is 0 Å². The van der Waals surface area contributed by atoms with Gasteiger partial charge >= 0.3 is 21.1 Å². The second-order valence-corrected chi connectivity index (χ2v) is 9.78. The van der Waals surface area contributed by atoms with Crippen molar-refractivity contribution in [3.05, 3.63) is 204 Å². The maximum atomic E-state index is 4.56. The number of aromatic nitrogens is 2. The zero-order valence-corrected chi connectivity index (χ0v) is 25.3. The van der Waals surface area contributed by atoms with E-state index in [1.165, 1.54) is 0 Å². The smallest absolute Gasteiger partial charge is 0.260 e. The molecule has 0 bridgehead atoms. The summed E-state index contributed by atoms with van der Waals surface area (Å²) in [5, 5.41) is 0.